The number of halogens is 1. The molecule has 1 aromatic carbocycles. The molecule has 0 spiro atoms. The zero-order valence-corrected chi connectivity index (χ0v) is 9.47. The first-order valence-electron chi connectivity index (χ1n) is 5.13. The Hall–Kier alpha value is -1.42. The predicted molar refractivity (Wildman–Crippen MR) is 59.5 cm³/mol. The van der Waals surface area contributed by atoms with Crippen LogP contribution in [0.2, 0.25) is 5.02 Å². The summed E-state index contributed by atoms with van der Waals surface area (Å²) in [7, 11) is 0. The monoisotopic (exact) mass is 238 g/mol. The number of nitrogens with one attached hydrogen (secondary N) is 2. The molecular formula is C11H11ClN2O2. The lowest BCUT2D eigenvalue weighted by Gasteiger charge is -2.44. The molecular weight excluding hydrogens is 228 g/mol. The predicted octanol–water partition coefficient (Wildman–Crippen LogP) is 2.19. The van der Waals surface area contributed by atoms with Crippen molar-refractivity contribution in [3.8, 4) is 5.75 Å². The number of hydrogen-bond acceptors (Lipinski definition) is 2. The number of hydrogen-bond donors (Lipinski definition) is 2. The topological polar surface area (TPSA) is 50.4 Å². The van der Waals surface area contributed by atoms with Crippen molar-refractivity contribution >= 4 is 17.6 Å². The van der Waals surface area contributed by atoms with Crippen molar-refractivity contribution in [1.29, 1.82) is 0 Å². The Balaban J connectivity index is 2.10. The van der Waals surface area contributed by atoms with Gasteiger partial charge in [-0.25, -0.2) is 4.79 Å². The third kappa shape index (κ3) is 1.41. The SMILES string of the molecule is C[C@]12C[C@H](NC(=O)N1)c1cc(Cl)ccc1O2. The normalized spacial score (nSPS) is 30.9. The van der Waals surface area contributed by atoms with Crippen LogP contribution in [0.5, 0.6) is 5.75 Å². The van der Waals surface area contributed by atoms with Gasteiger partial charge >= 0.3 is 6.03 Å². The maximum absolute atomic E-state index is 11.4. The summed E-state index contributed by atoms with van der Waals surface area (Å²) in [6.07, 6.45) is 0.700. The highest BCUT2D eigenvalue weighted by molar-refractivity contribution is 6.30. The van der Waals surface area contributed by atoms with E-state index in [1.165, 1.54) is 0 Å². The maximum atomic E-state index is 11.4. The summed E-state index contributed by atoms with van der Waals surface area (Å²) in [6, 6.07) is 5.23. The minimum Gasteiger partial charge on any atom is -0.468 e. The summed E-state index contributed by atoms with van der Waals surface area (Å²) < 4.78 is 5.79. The van der Waals surface area contributed by atoms with E-state index in [0.717, 1.165) is 11.3 Å². The van der Waals surface area contributed by atoms with Crippen molar-refractivity contribution in [2.24, 2.45) is 0 Å². The van der Waals surface area contributed by atoms with Crippen LogP contribution in [-0.4, -0.2) is 11.8 Å². The van der Waals surface area contributed by atoms with Crippen LogP contribution in [0, 0.1) is 0 Å². The van der Waals surface area contributed by atoms with Gasteiger partial charge in [-0.1, -0.05) is 11.6 Å². The molecule has 4 nitrogen and oxygen atoms in total. The molecule has 2 N–H and O–H groups in total. The Kier molecular flexibility index (Phi) is 1.86. The summed E-state index contributed by atoms with van der Waals surface area (Å²) in [5.74, 6) is 0.774. The average Bonchev–Trinajstić information content (AvgIpc) is 2.17. The Morgan fingerprint density at radius 2 is 2.38 bits per heavy atom. The Labute approximate surface area is 97.9 Å². The second-order valence-electron chi connectivity index (χ2n) is 4.37. The molecule has 2 bridgehead atoms. The van der Waals surface area contributed by atoms with Crippen LogP contribution in [0.25, 0.3) is 0 Å². The molecule has 2 heterocycles. The second kappa shape index (κ2) is 3.04. The molecule has 0 radical (unpaired) electrons. The standard InChI is InChI=1S/C11H11ClN2O2/c1-11-5-8(13-10(15)14-11)7-4-6(12)2-3-9(7)16-11/h2-4,8H,5H2,1H3,(H2,13,14,15)/t8-,11-/m0/s1. The smallest absolute Gasteiger partial charge is 0.318 e. The number of carbonyl (C=O) groups is 1. The van der Waals surface area contributed by atoms with E-state index in [1.54, 1.807) is 6.07 Å². The van der Waals surface area contributed by atoms with E-state index in [0.29, 0.717) is 11.4 Å². The number of rotatable bonds is 0. The Morgan fingerprint density at radius 3 is 3.19 bits per heavy atom. The lowest BCUT2D eigenvalue weighted by molar-refractivity contribution is 0.0119. The third-order valence-electron chi connectivity index (χ3n) is 2.96. The van der Waals surface area contributed by atoms with Crippen LogP contribution >= 0.6 is 11.6 Å². The number of amides is 2. The molecule has 0 saturated carbocycles. The van der Waals surface area contributed by atoms with Gasteiger partial charge in [0.25, 0.3) is 0 Å². The summed E-state index contributed by atoms with van der Waals surface area (Å²) >= 11 is 5.94. The molecule has 2 aliphatic heterocycles. The van der Waals surface area contributed by atoms with Gasteiger partial charge in [-0.3, -0.25) is 0 Å². The van der Waals surface area contributed by atoms with Gasteiger partial charge in [0.2, 0.25) is 0 Å². The van der Waals surface area contributed by atoms with Crippen LogP contribution in [0.1, 0.15) is 24.9 Å². The largest absolute Gasteiger partial charge is 0.468 e. The highest BCUT2D eigenvalue weighted by atomic mass is 35.5. The molecule has 2 atom stereocenters. The molecule has 84 valence electrons. The van der Waals surface area contributed by atoms with E-state index < -0.39 is 5.72 Å². The molecule has 3 rings (SSSR count). The van der Waals surface area contributed by atoms with Gasteiger partial charge in [-0.05, 0) is 25.1 Å². The number of urea groups is 1. The molecule has 16 heavy (non-hydrogen) atoms. The fourth-order valence-corrected chi connectivity index (χ4v) is 2.49. The third-order valence-corrected chi connectivity index (χ3v) is 3.19. The van der Waals surface area contributed by atoms with Crippen LogP contribution < -0.4 is 15.4 Å². The minimum atomic E-state index is -0.617. The first-order valence-corrected chi connectivity index (χ1v) is 5.51. The molecule has 2 aliphatic rings. The quantitative estimate of drug-likeness (QED) is 0.728. The van der Waals surface area contributed by atoms with E-state index in [-0.39, 0.29) is 12.1 Å². The fourth-order valence-electron chi connectivity index (χ4n) is 2.31. The highest BCUT2D eigenvalue weighted by Gasteiger charge is 2.43. The van der Waals surface area contributed by atoms with E-state index in [4.69, 9.17) is 16.3 Å². The summed E-state index contributed by atoms with van der Waals surface area (Å²) in [5, 5.41) is 6.29. The molecule has 1 aromatic rings. The van der Waals surface area contributed by atoms with Gasteiger partial charge in [0.15, 0.2) is 5.72 Å². The van der Waals surface area contributed by atoms with Gasteiger partial charge in [0.1, 0.15) is 5.75 Å². The van der Waals surface area contributed by atoms with Crippen molar-refractivity contribution in [1.82, 2.24) is 10.6 Å². The fraction of sp³-hybridized carbons (Fsp3) is 0.364. The van der Waals surface area contributed by atoms with Crippen LogP contribution in [-0.2, 0) is 0 Å². The first kappa shape index (κ1) is 9.78. The van der Waals surface area contributed by atoms with E-state index >= 15 is 0 Å². The lowest BCUT2D eigenvalue weighted by atomic mass is 9.92. The zero-order chi connectivity index (χ0) is 11.3. The molecule has 0 aromatic heterocycles. The van der Waals surface area contributed by atoms with Crippen molar-refractivity contribution < 1.29 is 9.53 Å². The van der Waals surface area contributed by atoms with Crippen LogP contribution in [0.3, 0.4) is 0 Å². The summed E-state index contributed by atoms with van der Waals surface area (Å²) in [4.78, 5) is 11.4. The maximum Gasteiger partial charge on any atom is 0.318 e. The zero-order valence-electron chi connectivity index (χ0n) is 8.71. The Bertz CT molecular complexity index is 477. The number of ether oxygens (including phenoxy) is 1. The number of benzene rings is 1. The summed E-state index contributed by atoms with van der Waals surface area (Å²) in [5.41, 5.74) is 0.327. The van der Waals surface area contributed by atoms with Crippen molar-refractivity contribution in [2.75, 3.05) is 0 Å². The van der Waals surface area contributed by atoms with E-state index in [2.05, 4.69) is 10.6 Å². The molecule has 2 amide bonds. The Morgan fingerprint density at radius 1 is 1.56 bits per heavy atom. The number of carbonyl (C=O) groups excluding carboxylic acids is 1. The van der Waals surface area contributed by atoms with Gasteiger partial charge < -0.3 is 15.4 Å². The van der Waals surface area contributed by atoms with E-state index in [1.807, 2.05) is 19.1 Å². The second-order valence-corrected chi connectivity index (χ2v) is 4.81. The molecule has 0 aliphatic carbocycles. The van der Waals surface area contributed by atoms with Gasteiger partial charge in [-0.2, -0.15) is 0 Å². The number of fused-ring (bicyclic) bond motifs is 4. The van der Waals surface area contributed by atoms with Gasteiger partial charge in [0.05, 0.1) is 6.04 Å². The minimum absolute atomic E-state index is 0.0267. The lowest BCUT2D eigenvalue weighted by Crippen LogP contribution is -2.62. The summed E-state index contributed by atoms with van der Waals surface area (Å²) in [6.45, 7) is 1.87. The van der Waals surface area contributed by atoms with Crippen LogP contribution in [0.15, 0.2) is 18.2 Å². The van der Waals surface area contributed by atoms with Gasteiger partial charge in [-0.15, -0.1) is 0 Å². The highest BCUT2D eigenvalue weighted by Crippen LogP contribution is 2.41. The van der Waals surface area contributed by atoms with Gasteiger partial charge in [0, 0.05) is 17.0 Å². The van der Waals surface area contributed by atoms with Crippen molar-refractivity contribution in [3.05, 3.63) is 28.8 Å². The molecule has 0 unspecified atom stereocenters. The van der Waals surface area contributed by atoms with E-state index in [9.17, 15) is 4.79 Å². The molecule has 1 fully saturated rings. The van der Waals surface area contributed by atoms with Crippen molar-refractivity contribution in [2.45, 2.75) is 25.1 Å². The van der Waals surface area contributed by atoms with Crippen molar-refractivity contribution in [3.63, 3.8) is 0 Å². The average molecular weight is 239 g/mol. The first-order chi connectivity index (χ1) is 7.56. The van der Waals surface area contributed by atoms with Crippen LogP contribution in [0.4, 0.5) is 4.79 Å². The molecule has 5 heteroatoms. The molecule has 1 saturated heterocycles.